The summed E-state index contributed by atoms with van der Waals surface area (Å²) in [5.74, 6) is -1.06. The summed E-state index contributed by atoms with van der Waals surface area (Å²) in [7, 11) is 0. The van der Waals surface area contributed by atoms with E-state index in [1.165, 1.54) is 6.07 Å². The van der Waals surface area contributed by atoms with E-state index in [-0.39, 0.29) is 11.4 Å². The van der Waals surface area contributed by atoms with Crippen LogP contribution in [0.1, 0.15) is 10.5 Å². The molecule has 0 aliphatic rings. The Kier molecular flexibility index (Phi) is 2.66. The number of H-pyrrole nitrogens is 1. The number of benzene rings is 1. The second kappa shape index (κ2) is 3.97. The lowest BCUT2D eigenvalue weighted by atomic mass is 10.1. The molecule has 0 amide bonds. The van der Waals surface area contributed by atoms with Crippen LogP contribution in [0.4, 0.5) is 0 Å². The van der Waals surface area contributed by atoms with E-state index >= 15 is 0 Å². The zero-order valence-electron chi connectivity index (χ0n) is 7.94. The van der Waals surface area contributed by atoms with Crippen molar-refractivity contribution in [1.29, 1.82) is 0 Å². The summed E-state index contributed by atoms with van der Waals surface area (Å²) >= 11 is 3.14. The fourth-order valence-corrected chi connectivity index (χ4v) is 1.88. The SMILES string of the molecule is O=C(O)c1[nH]nc(-c2ccccc2O)c1Br. The molecule has 16 heavy (non-hydrogen) atoms. The third-order valence-corrected chi connectivity index (χ3v) is 2.85. The van der Waals surface area contributed by atoms with Crippen LogP contribution in [-0.4, -0.2) is 26.4 Å². The topological polar surface area (TPSA) is 86.2 Å². The van der Waals surface area contributed by atoms with Gasteiger partial charge in [0, 0.05) is 5.56 Å². The second-order valence-electron chi connectivity index (χ2n) is 3.08. The van der Waals surface area contributed by atoms with Crippen LogP contribution in [0.3, 0.4) is 0 Å². The summed E-state index contributed by atoms with van der Waals surface area (Å²) in [5, 5.41) is 24.7. The molecule has 0 radical (unpaired) electrons. The molecule has 0 bridgehead atoms. The molecule has 1 heterocycles. The molecule has 0 aliphatic heterocycles. The van der Waals surface area contributed by atoms with Crippen LogP contribution in [0.5, 0.6) is 5.75 Å². The van der Waals surface area contributed by atoms with E-state index in [1.54, 1.807) is 18.2 Å². The van der Waals surface area contributed by atoms with Crippen LogP contribution < -0.4 is 0 Å². The molecule has 1 aromatic heterocycles. The molecule has 2 aromatic rings. The van der Waals surface area contributed by atoms with Crippen LogP contribution in [-0.2, 0) is 0 Å². The predicted octanol–water partition coefficient (Wildman–Crippen LogP) is 2.24. The molecule has 0 saturated carbocycles. The highest BCUT2D eigenvalue weighted by molar-refractivity contribution is 9.10. The lowest BCUT2D eigenvalue weighted by Gasteiger charge is -2.00. The van der Waals surface area contributed by atoms with Gasteiger partial charge in [-0.2, -0.15) is 5.10 Å². The van der Waals surface area contributed by atoms with Gasteiger partial charge in [0.2, 0.25) is 0 Å². The van der Waals surface area contributed by atoms with Crippen molar-refractivity contribution < 1.29 is 15.0 Å². The monoisotopic (exact) mass is 282 g/mol. The second-order valence-corrected chi connectivity index (χ2v) is 3.88. The molecule has 0 spiro atoms. The summed E-state index contributed by atoms with van der Waals surface area (Å²) in [5.41, 5.74) is 0.798. The Hall–Kier alpha value is -1.82. The van der Waals surface area contributed by atoms with Crippen molar-refractivity contribution in [2.75, 3.05) is 0 Å². The first-order valence-electron chi connectivity index (χ1n) is 4.36. The molecule has 6 heteroatoms. The van der Waals surface area contributed by atoms with E-state index < -0.39 is 5.97 Å². The number of halogens is 1. The first kappa shape index (κ1) is 10.7. The number of aromatic nitrogens is 2. The third kappa shape index (κ3) is 1.67. The number of carboxylic acids is 1. The van der Waals surface area contributed by atoms with Gasteiger partial charge in [-0.3, -0.25) is 5.10 Å². The Morgan fingerprint density at radius 3 is 2.62 bits per heavy atom. The smallest absolute Gasteiger partial charge is 0.355 e. The van der Waals surface area contributed by atoms with E-state index in [1.807, 2.05) is 0 Å². The number of hydrogen-bond donors (Lipinski definition) is 3. The van der Waals surface area contributed by atoms with Crippen LogP contribution in [0.15, 0.2) is 28.7 Å². The van der Waals surface area contributed by atoms with Gasteiger partial charge in [0.05, 0.1) is 4.47 Å². The van der Waals surface area contributed by atoms with E-state index in [9.17, 15) is 9.90 Å². The number of hydrogen-bond acceptors (Lipinski definition) is 3. The van der Waals surface area contributed by atoms with Gasteiger partial charge in [0.1, 0.15) is 11.4 Å². The maximum Gasteiger partial charge on any atom is 0.355 e. The summed E-state index contributed by atoms with van der Waals surface area (Å²) in [6.07, 6.45) is 0. The molecule has 5 nitrogen and oxygen atoms in total. The molecule has 0 aliphatic carbocycles. The molecular formula is C10H7BrN2O3. The lowest BCUT2D eigenvalue weighted by Crippen LogP contribution is -1.96. The van der Waals surface area contributed by atoms with Crippen molar-refractivity contribution in [3.8, 4) is 17.0 Å². The minimum absolute atomic E-state index is 0.0433. The fraction of sp³-hybridized carbons (Fsp3) is 0. The Morgan fingerprint density at radius 1 is 1.38 bits per heavy atom. The van der Waals surface area contributed by atoms with Gasteiger partial charge in [0.15, 0.2) is 5.69 Å². The summed E-state index contributed by atoms with van der Waals surface area (Å²) in [4.78, 5) is 10.8. The van der Waals surface area contributed by atoms with Gasteiger partial charge >= 0.3 is 5.97 Å². The van der Waals surface area contributed by atoms with Crippen LogP contribution in [0.2, 0.25) is 0 Å². The lowest BCUT2D eigenvalue weighted by molar-refractivity contribution is 0.0689. The molecule has 0 unspecified atom stereocenters. The number of carboxylic acid groups (broad SMARTS) is 1. The van der Waals surface area contributed by atoms with Crippen molar-refractivity contribution in [3.63, 3.8) is 0 Å². The molecule has 1 aromatic carbocycles. The maximum absolute atomic E-state index is 10.8. The number of rotatable bonds is 2. The number of phenolic OH excluding ortho intramolecular Hbond substituents is 1. The average Bonchev–Trinajstić information content (AvgIpc) is 2.61. The van der Waals surface area contributed by atoms with Crippen molar-refractivity contribution in [2.45, 2.75) is 0 Å². The number of phenols is 1. The highest BCUT2D eigenvalue weighted by Crippen LogP contribution is 2.33. The summed E-state index contributed by atoms with van der Waals surface area (Å²) < 4.78 is 0.321. The molecule has 2 rings (SSSR count). The standard InChI is InChI=1S/C10H7BrN2O3/c11-7-8(12-13-9(7)10(15)16)5-3-1-2-4-6(5)14/h1-4,14H,(H,12,13)(H,15,16). The van der Waals surface area contributed by atoms with Gasteiger partial charge < -0.3 is 10.2 Å². The van der Waals surface area contributed by atoms with Gasteiger partial charge in [-0.15, -0.1) is 0 Å². The van der Waals surface area contributed by atoms with Crippen molar-refractivity contribution in [1.82, 2.24) is 10.2 Å². The highest BCUT2D eigenvalue weighted by atomic mass is 79.9. The number of nitrogens with zero attached hydrogens (tertiary/aromatic N) is 1. The fourth-order valence-electron chi connectivity index (χ4n) is 1.32. The molecule has 0 saturated heterocycles. The van der Waals surface area contributed by atoms with E-state index in [2.05, 4.69) is 26.1 Å². The van der Waals surface area contributed by atoms with Crippen molar-refractivity contribution >= 4 is 21.9 Å². The molecule has 0 atom stereocenters. The van der Waals surface area contributed by atoms with Gasteiger partial charge in [-0.25, -0.2) is 4.79 Å². The van der Waals surface area contributed by atoms with E-state index in [0.717, 1.165) is 0 Å². The third-order valence-electron chi connectivity index (χ3n) is 2.08. The minimum atomic E-state index is -1.11. The van der Waals surface area contributed by atoms with Gasteiger partial charge in [-0.05, 0) is 28.1 Å². The van der Waals surface area contributed by atoms with Crippen molar-refractivity contribution in [3.05, 3.63) is 34.4 Å². The number of aromatic amines is 1. The summed E-state index contributed by atoms with van der Waals surface area (Å²) in [6.45, 7) is 0. The van der Waals surface area contributed by atoms with E-state index in [4.69, 9.17) is 5.11 Å². The Balaban J connectivity index is 2.58. The quantitative estimate of drug-likeness (QED) is 0.789. The molecule has 0 fully saturated rings. The summed E-state index contributed by atoms with van der Waals surface area (Å²) in [6, 6.07) is 6.58. The number of para-hydroxylation sites is 1. The van der Waals surface area contributed by atoms with Crippen LogP contribution >= 0.6 is 15.9 Å². The number of aromatic hydroxyl groups is 1. The van der Waals surface area contributed by atoms with E-state index in [0.29, 0.717) is 15.7 Å². The highest BCUT2D eigenvalue weighted by Gasteiger charge is 2.18. The molecular weight excluding hydrogens is 276 g/mol. The van der Waals surface area contributed by atoms with Gasteiger partial charge in [0.25, 0.3) is 0 Å². The average molecular weight is 283 g/mol. The minimum Gasteiger partial charge on any atom is -0.507 e. The zero-order chi connectivity index (χ0) is 11.7. The Bertz CT molecular complexity index is 551. The van der Waals surface area contributed by atoms with Crippen molar-refractivity contribution in [2.24, 2.45) is 0 Å². The van der Waals surface area contributed by atoms with Crippen LogP contribution in [0, 0.1) is 0 Å². The predicted molar refractivity (Wildman–Crippen MR) is 60.3 cm³/mol. The zero-order valence-corrected chi connectivity index (χ0v) is 9.52. The van der Waals surface area contributed by atoms with Gasteiger partial charge in [-0.1, -0.05) is 12.1 Å². The number of aromatic carboxylic acids is 1. The number of nitrogens with one attached hydrogen (secondary N) is 1. The first-order chi connectivity index (χ1) is 7.61. The first-order valence-corrected chi connectivity index (χ1v) is 5.16. The molecule has 82 valence electrons. The Morgan fingerprint density at radius 2 is 2.06 bits per heavy atom. The largest absolute Gasteiger partial charge is 0.507 e. The number of carbonyl (C=O) groups is 1. The maximum atomic E-state index is 10.8. The Labute approximate surface area is 98.9 Å². The van der Waals surface area contributed by atoms with Crippen LogP contribution in [0.25, 0.3) is 11.3 Å². The normalized spacial score (nSPS) is 10.3. The molecule has 3 N–H and O–H groups in total.